The number of ether oxygens (including phenoxy) is 2. The number of carbonyl (C=O) groups is 2. The fraction of sp³-hybridized carbons (Fsp3) is 0.850. The summed E-state index contributed by atoms with van der Waals surface area (Å²) in [6, 6.07) is 0. The maximum atomic E-state index is 12.2. The third-order valence-electron chi connectivity index (χ3n) is 4.70. The van der Waals surface area contributed by atoms with E-state index >= 15 is 0 Å². The van der Waals surface area contributed by atoms with E-state index in [1.54, 1.807) is 9.80 Å². The van der Waals surface area contributed by atoms with Crippen LogP contribution in [0.2, 0.25) is 0 Å². The van der Waals surface area contributed by atoms with Gasteiger partial charge in [0.05, 0.1) is 0 Å². The molecule has 0 aromatic rings. The predicted octanol–water partition coefficient (Wildman–Crippen LogP) is 2.11. The van der Waals surface area contributed by atoms with Crippen LogP contribution in [0, 0.1) is 5.92 Å². The normalized spacial score (nSPS) is 21.4. The minimum atomic E-state index is -0.497. The number of aliphatic imine (C=N–C) groups is 1. The molecule has 9 heteroatoms. The third-order valence-corrected chi connectivity index (χ3v) is 4.70. The Balaban J connectivity index is 1.76. The summed E-state index contributed by atoms with van der Waals surface area (Å²) in [5, 5.41) is 0. The zero-order chi connectivity index (χ0) is 21.8. The predicted molar refractivity (Wildman–Crippen MR) is 112 cm³/mol. The third kappa shape index (κ3) is 7.62. The summed E-state index contributed by atoms with van der Waals surface area (Å²) in [4.78, 5) is 34.3. The highest BCUT2D eigenvalue weighted by Gasteiger charge is 2.30. The number of nitrogens with two attached hydrogens (primary N) is 1. The number of hydrogen-bond donors (Lipinski definition) is 1. The Bertz CT molecular complexity index is 615. The number of amides is 2. The molecule has 0 bridgehead atoms. The van der Waals surface area contributed by atoms with Gasteiger partial charge in [0.25, 0.3) is 0 Å². The maximum Gasteiger partial charge on any atom is 0.410 e. The van der Waals surface area contributed by atoms with Crippen molar-refractivity contribution in [2.75, 3.05) is 45.8 Å². The molecule has 0 aromatic carbocycles. The van der Waals surface area contributed by atoms with Gasteiger partial charge < -0.3 is 29.9 Å². The van der Waals surface area contributed by atoms with Crippen LogP contribution in [-0.2, 0) is 9.47 Å². The minimum Gasteiger partial charge on any atom is -0.444 e. The average Bonchev–Trinajstić information content (AvgIpc) is 3.06. The first kappa shape index (κ1) is 23.1. The van der Waals surface area contributed by atoms with Gasteiger partial charge in [0.15, 0.2) is 5.96 Å². The fourth-order valence-corrected chi connectivity index (χ4v) is 3.24. The van der Waals surface area contributed by atoms with Crippen molar-refractivity contribution in [2.24, 2.45) is 16.6 Å². The lowest BCUT2D eigenvalue weighted by atomic mass is 10.1. The summed E-state index contributed by atoms with van der Waals surface area (Å²) in [5.41, 5.74) is 5.18. The number of carbonyl (C=O) groups excluding carboxylic acids is 2. The molecular formula is C20H37N5O4. The Morgan fingerprint density at radius 2 is 1.34 bits per heavy atom. The Labute approximate surface area is 174 Å². The zero-order valence-electron chi connectivity index (χ0n) is 18.7. The van der Waals surface area contributed by atoms with Crippen molar-refractivity contribution >= 4 is 18.1 Å². The average molecular weight is 412 g/mol. The lowest BCUT2D eigenvalue weighted by Crippen LogP contribution is -2.53. The van der Waals surface area contributed by atoms with Crippen molar-refractivity contribution in [1.29, 1.82) is 0 Å². The largest absolute Gasteiger partial charge is 0.444 e. The molecule has 0 spiro atoms. The highest BCUT2D eigenvalue weighted by molar-refractivity contribution is 5.78. The molecule has 2 rings (SSSR count). The second kappa shape index (κ2) is 9.09. The van der Waals surface area contributed by atoms with Crippen molar-refractivity contribution in [3.63, 3.8) is 0 Å². The van der Waals surface area contributed by atoms with Gasteiger partial charge >= 0.3 is 12.2 Å². The first-order valence-corrected chi connectivity index (χ1v) is 10.3. The lowest BCUT2D eigenvalue weighted by molar-refractivity contribution is 0.0185. The van der Waals surface area contributed by atoms with Gasteiger partial charge in [-0.25, -0.2) is 9.59 Å². The van der Waals surface area contributed by atoms with Crippen molar-refractivity contribution in [3.8, 4) is 0 Å². The van der Waals surface area contributed by atoms with E-state index in [9.17, 15) is 9.59 Å². The molecule has 0 radical (unpaired) electrons. The highest BCUT2D eigenvalue weighted by Crippen LogP contribution is 2.20. The van der Waals surface area contributed by atoms with Crippen LogP contribution < -0.4 is 5.73 Å². The van der Waals surface area contributed by atoms with Crippen LogP contribution in [-0.4, -0.2) is 89.9 Å². The van der Waals surface area contributed by atoms with Gasteiger partial charge in [-0.2, -0.15) is 0 Å². The summed E-state index contributed by atoms with van der Waals surface area (Å²) in [7, 11) is 0. The van der Waals surface area contributed by atoms with Crippen molar-refractivity contribution in [3.05, 3.63) is 0 Å². The lowest BCUT2D eigenvalue weighted by Gasteiger charge is -2.36. The van der Waals surface area contributed by atoms with E-state index in [1.165, 1.54) is 0 Å². The van der Waals surface area contributed by atoms with E-state index in [1.807, 2.05) is 46.4 Å². The molecule has 2 fully saturated rings. The Hall–Kier alpha value is -2.19. The molecule has 9 nitrogen and oxygen atoms in total. The van der Waals surface area contributed by atoms with Gasteiger partial charge in [0, 0.05) is 45.8 Å². The van der Waals surface area contributed by atoms with E-state index in [2.05, 4.69) is 4.99 Å². The molecule has 2 N–H and O–H groups in total. The molecule has 2 heterocycles. The fourth-order valence-electron chi connectivity index (χ4n) is 3.24. The van der Waals surface area contributed by atoms with Crippen LogP contribution in [0.5, 0.6) is 0 Å². The van der Waals surface area contributed by atoms with Crippen molar-refractivity contribution in [1.82, 2.24) is 14.7 Å². The molecule has 0 aliphatic carbocycles. The Morgan fingerprint density at radius 1 is 0.862 bits per heavy atom. The molecule has 0 aromatic heterocycles. The summed E-state index contributed by atoms with van der Waals surface area (Å²) < 4.78 is 10.8. The van der Waals surface area contributed by atoms with Crippen LogP contribution in [0.4, 0.5) is 9.59 Å². The maximum absolute atomic E-state index is 12.2. The molecule has 166 valence electrons. The molecule has 2 aliphatic rings. The number of rotatable bonds is 2. The van der Waals surface area contributed by atoms with Crippen LogP contribution in [0.3, 0.4) is 0 Å². The zero-order valence-corrected chi connectivity index (χ0v) is 18.7. The van der Waals surface area contributed by atoms with Crippen LogP contribution in [0.25, 0.3) is 0 Å². The standard InChI is InChI=1S/C20H37N5O4/c1-19(2,3)28-17(26)24-11-9-23(10-12-24)16(21)22-13-15-7-8-25(14-15)18(27)29-20(4,5)6/h15H,7-14H2,1-6H3,(H2,21,22). The summed E-state index contributed by atoms with van der Waals surface area (Å²) in [5.74, 6) is 0.772. The molecule has 1 atom stereocenters. The highest BCUT2D eigenvalue weighted by atomic mass is 16.6. The van der Waals surface area contributed by atoms with E-state index in [0.29, 0.717) is 51.8 Å². The van der Waals surface area contributed by atoms with Gasteiger partial charge in [0.2, 0.25) is 0 Å². The SMILES string of the molecule is CC(C)(C)OC(=O)N1CCN(C(N)=NCC2CCN(C(=O)OC(C)(C)C)C2)CC1. The number of nitrogens with zero attached hydrogens (tertiary/aromatic N) is 4. The Morgan fingerprint density at radius 3 is 1.86 bits per heavy atom. The molecule has 2 amide bonds. The minimum absolute atomic E-state index is 0.268. The van der Waals surface area contributed by atoms with E-state index < -0.39 is 11.2 Å². The molecule has 0 saturated carbocycles. The van der Waals surface area contributed by atoms with Gasteiger partial charge in [-0.3, -0.25) is 4.99 Å². The van der Waals surface area contributed by atoms with E-state index in [-0.39, 0.29) is 18.1 Å². The molecular weight excluding hydrogens is 374 g/mol. The molecule has 1 unspecified atom stereocenters. The summed E-state index contributed by atoms with van der Waals surface area (Å²) in [6.07, 6.45) is 0.332. The van der Waals surface area contributed by atoms with E-state index in [4.69, 9.17) is 15.2 Å². The van der Waals surface area contributed by atoms with Crippen molar-refractivity contribution in [2.45, 2.75) is 59.2 Å². The number of guanidine groups is 1. The van der Waals surface area contributed by atoms with Gasteiger partial charge in [0.1, 0.15) is 11.2 Å². The molecule has 2 saturated heterocycles. The van der Waals surface area contributed by atoms with Crippen LogP contribution >= 0.6 is 0 Å². The summed E-state index contributed by atoms with van der Waals surface area (Å²) >= 11 is 0. The van der Waals surface area contributed by atoms with Gasteiger partial charge in [-0.05, 0) is 53.9 Å². The quantitative estimate of drug-likeness (QED) is 0.552. The smallest absolute Gasteiger partial charge is 0.410 e. The van der Waals surface area contributed by atoms with Gasteiger partial charge in [-0.15, -0.1) is 0 Å². The second-order valence-corrected chi connectivity index (χ2v) is 9.73. The summed E-state index contributed by atoms with van der Waals surface area (Å²) in [6.45, 7) is 15.5. The molecule has 29 heavy (non-hydrogen) atoms. The van der Waals surface area contributed by atoms with Gasteiger partial charge in [-0.1, -0.05) is 0 Å². The van der Waals surface area contributed by atoms with Crippen molar-refractivity contribution < 1.29 is 19.1 Å². The second-order valence-electron chi connectivity index (χ2n) is 9.73. The topological polar surface area (TPSA) is 101 Å². The number of piperazine rings is 1. The first-order chi connectivity index (χ1) is 13.3. The monoisotopic (exact) mass is 411 g/mol. The van der Waals surface area contributed by atoms with Crippen LogP contribution in [0.15, 0.2) is 4.99 Å². The van der Waals surface area contributed by atoms with Crippen LogP contribution in [0.1, 0.15) is 48.0 Å². The number of hydrogen-bond acceptors (Lipinski definition) is 5. The molecule has 2 aliphatic heterocycles. The first-order valence-electron chi connectivity index (χ1n) is 10.3. The van der Waals surface area contributed by atoms with E-state index in [0.717, 1.165) is 6.42 Å². The Kier molecular flexibility index (Phi) is 7.24. The number of likely N-dealkylation sites (tertiary alicyclic amines) is 1.